The van der Waals surface area contributed by atoms with Gasteiger partial charge in [-0.15, -0.1) is 5.10 Å². The molecule has 1 unspecified atom stereocenters. The van der Waals surface area contributed by atoms with E-state index >= 15 is 0 Å². The second-order valence-corrected chi connectivity index (χ2v) is 9.97. The van der Waals surface area contributed by atoms with Crippen LogP contribution in [0.3, 0.4) is 0 Å². The molecule has 1 saturated carbocycles. The van der Waals surface area contributed by atoms with Crippen LogP contribution in [0.15, 0.2) is 11.2 Å². The zero-order chi connectivity index (χ0) is 20.2. The number of anilines is 1. The largest absolute Gasteiger partial charge is 0.465 e. The van der Waals surface area contributed by atoms with Crippen LogP contribution >= 0.6 is 0 Å². The summed E-state index contributed by atoms with van der Waals surface area (Å²) in [5.74, 6) is 1.76. The van der Waals surface area contributed by atoms with Crippen molar-refractivity contribution >= 4 is 27.5 Å². The van der Waals surface area contributed by atoms with Crippen molar-refractivity contribution in [2.75, 3.05) is 24.7 Å². The Labute approximate surface area is 162 Å². The molecule has 11 heteroatoms. The topological polar surface area (TPSA) is 130 Å². The summed E-state index contributed by atoms with van der Waals surface area (Å²) < 4.78 is 25.1. The quantitative estimate of drug-likeness (QED) is 0.760. The lowest BCUT2D eigenvalue weighted by Crippen LogP contribution is -2.40. The zero-order valence-electron chi connectivity index (χ0n) is 16.0. The third-order valence-electron chi connectivity index (χ3n) is 5.72. The number of rotatable bonds is 5. The van der Waals surface area contributed by atoms with Gasteiger partial charge < -0.3 is 15.3 Å². The first kappa shape index (κ1) is 18.9. The SMILES string of the molecule is CC(C)c1cc(NC[C@@H]2CC3C[C@H]2CN3C(=O)O)n2nc(S(C)(=O)=O)nc2n1. The molecule has 4 rings (SSSR count). The van der Waals surface area contributed by atoms with E-state index in [9.17, 15) is 18.3 Å². The Bertz CT molecular complexity index is 1030. The molecule has 2 aromatic rings. The average molecular weight is 408 g/mol. The van der Waals surface area contributed by atoms with Gasteiger partial charge in [-0.1, -0.05) is 13.8 Å². The Balaban J connectivity index is 1.58. The number of nitrogens with zero attached hydrogens (tertiary/aromatic N) is 5. The molecule has 2 aliphatic rings. The number of carboxylic acid groups (broad SMARTS) is 1. The molecule has 28 heavy (non-hydrogen) atoms. The molecular weight excluding hydrogens is 384 g/mol. The van der Waals surface area contributed by atoms with Gasteiger partial charge >= 0.3 is 6.09 Å². The molecule has 1 aliphatic carbocycles. The maximum Gasteiger partial charge on any atom is 0.407 e. The fourth-order valence-electron chi connectivity index (χ4n) is 4.23. The number of nitrogens with one attached hydrogen (secondary N) is 1. The molecule has 1 aliphatic heterocycles. The maximum atomic E-state index is 11.8. The van der Waals surface area contributed by atoms with Crippen molar-refractivity contribution in [1.29, 1.82) is 0 Å². The molecule has 1 amide bonds. The third kappa shape index (κ3) is 3.27. The number of hydrogen-bond donors (Lipinski definition) is 2. The van der Waals surface area contributed by atoms with Crippen LogP contribution in [-0.2, 0) is 9.84 Å². The first-order chi connectivity index (χ1) is 13.1. The number of hydrogen-bond acceptors (Lipinski definition) is 7. The molecule has 10 nitrogen and oxygen atoms in total. The average Bonchev–Trinajstić information content (AvgIpc) is 3.31. The van der Waals surface area contributed by atoms with Crippen molar-refractivity contribution in [3.05, 3.63) is 11.8 Å². The molecule has 1 saturated heterocycles. The lowest BCUT2D eigenvalue weighted by atomic mass is 9.94. The molecule has 0 radical (unpaired) electrons. The van der Waals surface area contributed by atoms with Crippen LogP contribution < -0.4 is 5.32 Å². The van der Waals surface area contributed by atoms with Gasteiger partial charge in [0, 0.05) is 31.5 Å². The lowest BCUT2D eigenvalue weighted by Gasteiger charge is -2.29. The summed E-state index contributed by atoms with van der Waals surface area (Å²) in [4.78, 5) is 21.3. The van der Waals surface area contributed by atoms with Crippen LogP contribution in [0.4, 0.5) is 10.6 Å². The van der Waals surface area contributed by atoms with Gasteiger partial charge in [-0.05, 0) is 30.6 Å². The van der Waals surface area contributed by atoms with E-state index in [4.69, 9.17) is 0 Å². The van der Waals surface area contributed by atoms with Gasteiger partial charge in [0.05, 0.1) is 5.69 Å². The van der Waals surface area contributed by atoms with E-state index in [1.807, 2.05) is 19.9 Å². The molecule has 152 valence electrons. The van der Waals surface area contributed by atoms with Crippen LogP contribution in [0, 0.1) is 11.8 Å². The van der Waals surface area contributed by atoms with E-state index in [1.54, 1.807) is 4.90 Å². The molecule has 2 aromatic heterocycles. The van der Waals surface area contributed by atoms with Gasteiger partial charge in [0.15, 0.2) is 0 Å². The number of likely N-dealkylation sites (tertiary alicyclic amines) is 1. The predicted molar refractivity (Wildman–Crippen MR) is 101 cm³/mol. The Kier molecular flexibility index (Phi) is 4.44. The van der Waals surface area contributed by atoms with Crippen molar-refractivity contribution in [2.45, 2.75) is 43.8 Å². The van der Waals surface area contributed by atoms with Gasteiger partial charge in [0.2, 0.25) is 9.84 Å². The first-order valence-corrected chi connectivity index (χ1v) is 11.2. The van der Waals surface area contributed by atoms with Crippen LogP contribution in [0.25, 0.3) is 5.78 Å². The number of sulfone groups is 1. The maximum absolute atomic E-state index is 11.8. The van der Waals surface area contributed by atoms with Crippen molar-refractivity contribution < 1.29 is 18.3 Å². The molecule has 3 heterocycles. The lowest BCUT2D eigenvalue weighted by molar-refractivity contribution is 0.121. The minimum Gasteiger partial charge on any atom is -0.465 e. The molecule has 2 N–H and O–H groups in total. The molecule has 2 fully saturated rings. The fraction of sp³-hybridized carbons (Fsp3) is 0.647. The Morgan fingerprint density at radius 3 is 2.68 bits per heavy atom. The summed E-state index contributed by atoms with van der Waals surface area (Å²) in [6.07, 6.45) is 1.97. The highest BCUT2D eigenvalue weighted by molar-refractivity contribution is 7.90. The number of piperidine rings is 1. The minimum atomic E-state index is -3.54. The van der Waals surface area contributed by atoms with Gasteiger partial charge in [-0.25, -0.2) is 18.2 Å². The van der Waals surface area contributed by atoms with E-state index in [-0.39, 0.29) is 22.9 Å². The summed E-state index contributed by atoms with van der Waals surface area (Å²) in [6, 6.07) is 1.97. The molecule has 2 bridgehead atoms. The monoisotopic (exact) mass is 408 g/mol. The summed E-state index contributed by atoms with van der Waals surface area (Å²) in [5.41, 5.74) is 0.799. The number of amides is 1. The normalized spacial score (nSPS) is 24.4. The highest BCUT2D eigenvalue weighted by Gasteiger charge is 2.46. The second-order valence-electron chi connectivity index (χ2n) is 8.06. The van der Waals surface area contributed by atoms with E-state index in [0.29, 0.717) is 30.7 Å². The van der Waals surface area contributed by atoms with Crippen LogP contribution in [0.1, 0.15) is 38.3 Å². The van der Waals surface area contributed by atoms with E-state index in [0.717, 1.165) is 24.8 Å². The minimum absolute atomic E-state index is 0.0983. The van der Waals surface area contributed by atoms with Crippen molar-refractivity contribution in [1.82, 2.24) is 24.5 Å². The summed E-state index contributed by atoms with van der Waals surface area (Å²) in [5, 5.41) is 16.5. The van der Waals surface area contributed by atoms with Gasteiger partial charge in [0.25, 0.3) is 10.9 Å². The van der Waals surface area contributed by atoms with Crippen molar-refractivity contribution in [3.63, 3.8) is 0 Å². The van der Waals surface area contributed by atoms with Gasteiger partial charge in [-0.2, -0.15) is 9.50 Å². The number of aromatic nitrogens is 4. The predicted octanol–water partition coefficient (Wildman–Crippen LogP) is 1.45. The standard InChI is InChI=1S/C17H24N6O4S/c1-9(2)13-6-14(23-15(19-13)20-16(21-23)28(3,26)27)18-7-10-4-12-5-11(10)8-22(12)17(24)25/h6,9-12,18H,4-5,7-8H2,1-3H3,(H,24,25)/t10-,11-,12?/m0/s1. The Morgan fingerprint density at radius 2 is 2.11 bits per heavy atom. The van der Waals surface area contributed by atoms with Crippen molar-refractivity contribution in [2.24, 2.45) is 11.8 Å². The Hall–Kier alpha value is -2.43. The summed E-state index contributed by atoms with van der Waals surface area (Å²) >= 11 is 0. The molecule has 0 aromatic carbocycles. The van der Waals surface area contributed by atoms with Crippen LogP contribution in [0.5, 0.6) is 0 Å². The third-order valence-corrected chi connectivity index (χ3v) is 6.55. The van der Waals surface area contributed by atoms with E-state index < -0.39 is 15.9 Å². The van der Waals surface area contributed by atoms with Gasteiger partial charge in [-0.3, -0.25) is 0 Å². The van der Waals surface area contributed by atoms with Crippen LogP contribution in [0.2, 0.25) is 0 Å². The zero-order valence-corrected chi connectivity index (χ0v) is 16.8. The highest BCUT2D eigenvalue weighted by atomic mass is 32.2. The second kappa shape index (κ2) is 6.57. The van der Waals surface area contributed by atoms with Gasteiger partial charge in [0.1, 0.15) is 5.82 Å². The van der Waals surface area contributed by atoms with Crippen LogP contribution in [-0.4, -0.2) is 69.5 Å². The summed E-state index contributed by atoms with van der Waals surface area (Å²) in [6.45, 7) is 5.26. The number of fused-ring (bicyclic) bond motifs is 3. The highest BCUT2D eigenvalue weighted by Crippen LogP contribution is 2.42. The van der Waals surface area contributed by atoms with E-state index in [2.05, 4.69) is 20.4 Å². The molecule has 3 atom stereocenters. The van der Waals surface area contributed by atoms with Crippen molar-refractivity contribution in [3.8, 4) is 0 Å². The Morgan fingerprint density at radius 1 is 1.36 bits per heavy atom. The summed E-state index contributed by atoms with van der Waals surface area (Å²) in [7, 11) is -3.54. The molecular formula is C17H24N6O4S. The van der Waals surface area contributed by atoms with E-state index in [1.165, 1.54) is 4.52 Å². The fourth-order valence-corrected chi connectivity index (χ4v) is 4.70. The number of carbonyl (C=O) groups is 1. The smallest absolute Gasteiger partial charge is 0.407 e. The molecule has 0 spiro atoms. The first-order valence-electron chi connectivity index (χ1n) is 9.34.